The van der Waals surface area contributed by atoms with E-state index in [9.17, 15) is 10.2 Å². The molecular formula is C25H32O6. The van der Waals surface area contributed by atoms with Crippen LogP contribution in [0.4, 0.5) is 0 Å². The Morgan fingerprint density at radius 3 is 2.03 bits per heavy atom. The molecular weight excluding hydrogens is 396 g/mol. The maximum atomic E-state index is 10.7. The van der Waals surface area contributed by atoms with Crippen LogP contribution < -0.4 is 14.2 Å². The molecule has 0 aliphatic carbocycles. The van der Waals surface area contributed by atoms with Crippen LogP contribution >= 0.6 is 0 Å². The number of methoxy groups -OCH3 is 3. The van der Waals surface area contributed by atoms with E-state index in [2.05, 4.69) is 11.8 Å². The first kappa shape index (κ1) is 24.5. The van der Waals surface area contributed by atoms with E-state index in [0.717, 1.165) is 33.8 Å². The van der Waals surface area contributed by atoms with Crippen molar-refractivity contribution in [3.05, 3.63) is 52.1 Å². The van der Waals surface area contributed by atoms with Crippen LogP contribution in [0.15, 0.2) is 24.3 Å². The number of benzene rings is 2. The highest BCUT2D eigenvalue weighted by Crippen LogP contribution is 2.37. The summed E-state index contributed by atoms with van der Waals surface area (Å²) in [5.74, 6) is 7.87. The predicted octanol–water partition coefficient (Wildman–Crippen LogP) is 3.32. The van der Waals surface area contributed by atoms with Gasteiger partial charge in [0.05, 0.1) is 40.1 Å². The second-order valence-electron chi connectivity index (χ2n) is 7.59. The van der Waals surface area contributed by atoms with E-state index >= 15 is 0 Å². The molecule has 6 heteroatoms. The van der Waals surface area contributed by atoms with Gasteiger partial charge in [0, 0.05) is 5.56 Å². The zero-order chi connectivity index (χ0) is 23.2. The van der Waals surface area contributed by atoms with Gasteiger partial charge in [-0.15, -0.1) is 0 Å². The van der Waals surface area contributed by atoms with Crippen LogP contribution in [-0.4, -0.2) is 49.9 Å². The minimum absolute atomic E-state index is 0.0694. The Bertz CT molecular complexity index is 951. The van der Waals surface area contributed by atoms with Crippen molar-refractivity contribution >= 4 is 0 Å². The van der Waals surface area contributed by atoms with Gasteiger partial charge in [0.25, 0.3) is 0 Å². The van der Waals surface area contributed by atoms with Crippen molar-refractivity contribution in [3.8, 4) is 29.1 Å². The molecule has 2 aromatic rings. The zero-order valence-electron chi connectivity index (χ0n) is 19.3. The van der Waals surface area contributed by atoms with Gasteiger partial charge in [0.1, 0.15) is 23.4 Å². The molecule has 0 fully saturated rings. The third kappa shape index (κ3) is 5.71. The average Bonchev–Trinajstić information content (AvgIpc) is 2.76. The topological polar surface area (TPSA) is 77.4 Å². The van der Waals surface area contributed by atoms with E-state index in [1.54, 1.807) is 21.3 Å². The summed E-state index contributed by atoms with van der Waals surface area (Å²) in [5.41, 5.74) is 2.58. The highest BCUT2D eigenvalue weighted by Gasteiger charge is 2.29. The SMILES string of the molecule is COc1ccc(COC[C@H](O)[C@@](C)(O)C#Cc2c(C)c(OC)c(C)c(C)c2OC)cc1. The summed E-state index contributed by atoms with van der Waals surface area (Å²) in [6, 6.07) is 7.44. The minimum atomic E-state index is -1.68. The normalized spacial score (nSPS) is 13.6. The summed E-state index contributed by atoms with van der Waals surface area (Å²) in [4.78, 5) is 0. The highest BCUT2D eigenvalue weighted by atomic mass is 16.5. The molecule has 2 atom stereocenters. The number of ether oxygens (including phenoxy) is 4. The van der Waals surface area contributed by atoms with Crippen LogP contribution in [0.25, 0.3) is 0 Å². The lowest BCUT2D eigenvalue weighted by Gasteiger charge is -2.24. The molecule has 6 nitrogen and oxygen atoms in total. The number of aliphatic hydroxyl groups is 2. The molecule has 2 aromatic carbocycles. The van der Waals surface area contributed by atoms with Gasteiger partial charge in [-0.1, -0.05) is 24.0 Å². The lowest BCUT2D eigenvalue weighted by atomic mass is 9.95. The monoisotopic (exact) mass is 428 g/mol. The Balaban J connectivity index is 2.16. The minimum Gasteiger partial charge on any atom is -0.497 e. The lowest BCUT2D eigenvalue weighted by molar-refractivity contribution is -0.0679. The molecule has 0 saturated heterocycles. The van der Waals surface area contributed by atoms with Crippen molar-refractivity contribution in [3.63, 3.8) is 0 Å². The summed E-state index contributed by atoms with van der Waals surface area (Å²) in [6.45, 7) is 7.47. The predicted molar refractivity (Wildman–Crippen MR) is 120 cm³/mol. The highest BCUT2D eigenvalue weighted by molar-refractivity contribution is 5.63. The Labute approximate surface area is 184 Å². The number of aliphatic hydroxyl groups excluding tert-OH is 1. The van der Waals surface area contributed by atoms with Gasteiger partial charge in [-0.3, -0.25) is 0 Å². The van der Waals surface area contributed by atoms with Crippen LogP contribution in [0.2, 0.25) is 0 Å². The largest absolute Gasteiger partial charge is 0.497 e. The molecule has 0 saturated carbocycles. The quantitative estimate of drug-likeness (QED) is 0.628. The van der Waals surface area contributed by atoms with Gasteiger partial charge in [0.15, 0.2) is 5.60 Å². The van der Waals surface area contributed by atoms with Gasteiger partial charge >= 0.3 is 0 Å². The van der Waals surface area contributed by atoms with Crippen LogP contribution in [0.5, 0.6) is 17.2 Å². The molecule has 0 amide bonds. The van der Waals surface area contributed by atoms with Crippen molar-refractivity contribution in [2.75, 3.05) is 27.9 Å². The number of hydrogen-bond acceptors (Lipinski definition) is 6. The smallest absolute Gasteiger partial charge is 0.150 e. The van der Waals surface area contributed by atoms with Crippen molar-refractivity contribution in [2.45, 2.75) is 46.0 Å². The van der Waals surface area contributed by atoms with E-state index < -0.39 is 11.7 Å². The van der Waals surface area contributed by atoms with Gasteiger partial charge in [0.2, 0.25) is 0 Å². The third-order valence-electron chi connectivity index (χ3n) is 5.39. The molecule has 2 rings (SSSR count). The van der Waals surface area contributed by atoms with E-state index in [4.69, 9.17) is 18.9 Å². The molecule has 2 N–H and O–H groups in total. The van der Waals surface area contributed by atoms with Gasteiger partial charge in [-0.2, -0.15) is 0 Å². The Morgan fingerprint density at radius 1 is 0.903 bits per heavy atom. The summed E-state index contributed by atoms with van der Waals surface area (Å²) in [7, 11) is 4.80. The lowest BCUT2D eigenvalue weighted by Crippen LogP contribution is -2.41. The molecule has 0 bridgehead atoms. The fourth-order valence-electron chi connectivity index (χ4n) is 3.25. The van der Waals surface area contributed by atoms with E-state index in [0.29, 0.717) is 17.9 Å². The summed E-state index contributed by atoms with van der Waals surface area (Å²) in [6.07, 6.45) is -1.20. The molecule has 0 heterocycles. The molecule has 0 spiro atoms. The van der Waals surface area contributed by atoms with Gasteiger partial charge in [-0.05, 0) is 56.5 Å². The Kier molecular flexibility index (Phi) is 8.35. The molecule has 0 unspecified atom stereocenters. The Morgan fingerprint density at radius 2 is 1.48 bits per heavy atom. The maximum Gasteiger partial charge on any atom is 0.150 e. The number of hydrogen-bond donors (Lipinski definition) is 2. The maximum absolute atomic E-state index is 10.7. The van der Waals surface area contributed by atoms with Crippen molar-refractivity contribution < 1.29 is 29.2 Å². The average molecular weight is 429 g/mol. The third-order valence-corrected chi connectivity index (χ3v) is 5.39. The first-order chi connectivity index (χ1) is 14.7. The molecule has 31 heavy (non-hydrogen) atoms. The number of rotatable bonds is 8. The first-order valence-corrected chi connectivity index (χ1v) is 10.0. The summed E-state index contributed by atoms with van der Waals surface area (Å²) in [5, 5.41) is 21.2. The molecule has 0 radical (unpaired) electrons. The van der Waals surface area contributed by atoms with Crippen LogP contribution in [0.1, 0.15) is 34.7 Å². The van der Waals surface area contributed by atoms with Gasteiger partial charge in [-0.25, -0.2) is 0 Å². The second kappa shape index (κ2) is 10.5. The van der Waals surface area contributed by atoms with Crippen molar-refractivity contribution in [2.24, 2.45) is 0 Å². The van der Waals surface area contributed by atoms with Crippen molar-refractivity contribution in [1.29, 1.82) is 0 Å². The molecule has 0 aliphatic heterocycles. The van der Waals surface area contributed by atoms with E-state index in [-0.39, 0.29) is 6.61 Å². The summed E-state index contributed by atoms with van der Waals surface area (Å²) >= 11 is 0. The van der Waals surface area contributed by atoms with E-state index in [1.165, 1.54) is 6.92 Å². The van der Waals surface area contributed by atoms with Crippen LogP contribution in [0, 0.1) is 32.6 Å². The van der Waals surface area contributed by atoms with Crippen molar-refractivity contribution in [1.82, 2.24) is 0 Å². The van der Waals surface area contributed by atoms with Gasteiger partial charge < -0.3 is 29.2 Å². The standard InChI is InChI=1S/C25H32O6/c1-16-17(2)24(30-7)21(18(3)23(16)29-6)12-13-25(4,27)22(26)15-31-14-19-8-10-20(28-5)11-9-19/h8-11,22,26-27H,14-15H2,1-7H3/t22-,25-/m0/s1. The fourth-order valence-corrected chi connectivity index (χ4v) is 3.25. The molecule has 0 aliphatic rings. The molecule has 0 aromatic heterocycles. The Hall–Kier alpha value is -2.72. The summed E-state index contributed by atoms with van der Waals surface area (Å²) < 4.78 is 21.8. The van der Waals surface area contributed by atoms with Crippen LogP contribution in [0.3, 0.4) is 0 Å². The van der Waals surface area contributed by atoms with Crippen LogP contribution in [-0.2, 0) is 11.3 Å². The fraction of sp³-hybridized carbons (Fsp3) is 0.440. The molecule has 168 valence electrons. The second-order valence-corrected chi connectivity index (χ2v) is 7.59. The zero-order valence-corrected chi connectivity index (χ0v) is 19.3. The van der Waals surface area contributed by atoms with E-state index in [1.807, 2.05) is 45.0 Å². The first-order valence-electron chi connectivity index (χ1n) is 10.0.